The van der Waals surface area contributed by atoms with Crippen LogP contribution in [0.25, 0.3) is 11.1 Å². The molecule has 3 aromatic rings. The summed E-state index contributed by atoms with van der Waals surface area (Å²) in [5.41, 5.74) is 11.0. The van der Waals surface area contributed by atoms with Crippen LogP contribution in [0, 0.1) is 0 Å². The molecule has 0 amide bonds. The molecule has 0 N–H and O–H groups in total. The molecule has 0 nitrogen and oxygen atoms in total. The largest absolute Gasteiger partial charge is 1.00 e. The fourth-order valence-electron chi connectivity index (χ4n) is 6.39. The third kappa shape index (κ3) is 7.35. The van der Waals surface area contributed by atoms with E-state index in [1.807, 2.05) is 3.21 Å². The predicted octanol–water partition coefficient (Wildman–Crippen LogP) is 3.55. The second kappa shape index (κ2) is 13.8. The average Bonchev–Trinajstić information content (AvgIpc) is 3.54. The number of rotatable bonds is 7. The van der Waals surface area contributed by atoms with Gasteiger partial charge in [0.2, 0.25) is 0 Å². The van der Waals surface area contributed by atoms with Crippen molar-refractivity contribution in [2.24, 2.45) is 0 Å². The van der Waals surface area contributed by atoms with Gasteiger partial charge in [-0.05, 0) is 0 Å². The number of unbranched alkanes of at least 4 members (excludes halogenated alkanes) is 1. The third-order valence-electron chi connectivity index (χ3n) is 8.54. The van der Waals surface area contributed by atoms with Gasteiger partial charge in [0.15, 0.2) is 0 Å². The molecule has 0 aromatic heterocycles. The first-order valence-electron chi connectivity index (χ1n) is 15.0. The van der Waals surface area contributed by atoms with E-state index in [0.717, 1.165) is 19.3 Å². The summed E-state index contributed by atoms with van der Waals surface area (Å²) < 4.78 is 5.45. The molecule has 0 saturated carbocycles. The van der Waals surface area contributed by atoms with Crippen molar-refractivity contribution in [1.82, 2.24) is 0 Å². The smallest absolute Gasteiger partial charge is 1.00 e. The van der Waals surface area contributed by atoms with Crippen molar-refractivity contribution in [1.29, 1.82) is 0 Å². The maximum atomic E-state index is 2.52. The summed E-state index contributed by atoms with van der Waals surface area (Å²) in [5.74, 6) is 0. The summed E-state index contributed by atoms with van der Waals surface area (Å²) in [5, 5.41) is 0. The molecule has 0 unspecified atom stereocenters. The molecule has 0 atom stereocenters. The Morgan fingerprint density at radius 3 is 2.15 bits per heavy atom. The monoisotopic (exact) mass is 662 g/mol. The molecule has 0 saturated heterocycles. The van der Waals surface area contributed by atoms with Gasteiger partial charge in [-0.2, -0.15) is 0 Å². The number of fused-ring (bicyclic) bond motifs is 3. The molecule has 3 heteroatoms. The van der Waals surface area contributed by atoms with E-state index in [4.69, 9.17) is 0 Å². The molecule has 0 aliphatic heterocycles. The van der Waals surface area contributed by atoms with Crippen LogP contribution in [0.4, 0.5) is 0 Å². The Hall–Kier alpha value is -1.53. The molecule has 0 fully saturated rings. The van der Waals surface area contributed by atoms with Crippen LogP contribution in [0.1, 0.15) is 102 Å². The molecular weight excluding hydrogens is 619 g/mol. The summed E-state index contributed by atoms with van der Waals surface area (Å²) >= 11 is -2.42. The Labute approximate surface area is 269 Å². The zero-order valence-electron chi connectivity index (χ0n) is 26.0. The van der Waals surface area contributed by atoms with E-state index in [1.165, 1.54) is 47.1 Å². The molecule has 0 spiro atoms. The first-order chi connectivity index (χ1) is 18.6. The summed E-state index contributed by atoms with van der Waals surface area (Å²) in [4.78, 5) is 0. The van der Waals surface area contributed by atoms with Gasteiger partial charge in [-0.1, -0.05) is 0 Å². The first kappa shape index (κ1) is 34.0. The van der Waals surface area contributed by atoms with Crippen LogP contribution in [-0.4, -0.2) is 3.21 Å². The van der Waals surface area contributed by atoms with Gasteiger partial charge >= 0.3 is 247 Å². The van der Waals surface area contributed by atoms with Gasteiger partial charge in [-0.15, -0.1) is 0 Å². The summed E-state index contributed by atoms with van der Waals surface area (Å²) in [6.45, 7) is 16.7. The summed E-state index contributed by atoms with van der Waals surface area (Å²) in [7, 11) is 0. The maximum absolute atomic E-state index is 2.52. The Bertz CT molecular complexity index is 1460. The molecule has 216 valence electrons. The van der Waals surface area contributed by atoms with Crippen molar-refractivity contribution in [2.75, 3.05) is 0 Å². The molecule has 0 bridgehead atoms. The summed E-state index contributed by atoms with van der Waals surface area (Å²) in [6, 6.07) is 23.6. The normalized spacial score (nSPS) is 14.0. The molecule has 41 heavy (non-hydrogen) atoms. The van der Waals surface area contributed by atoms with Gasteiger partial charge in [-0.25, -0.2) is 0 Å². The maximum Gasteiger partial charge on any atom is -1.00 e. The fraction of sp³-hybridized carbons (Fsp3) is 0.395. The summed E-state index contributed by atoms with van der Waals surface area (Å²) in [6.07, 6.45) is 14.4. The molecule has 5 rings (SSSR count). The van der Waals surface area contributed by atoms with Gasteiger partial charge < -0.3 is 24.8 Å². The van der Waals surface area contributed by atoms with E-state index in [0.29, 0.717) is 0 Å². The van der Waals surface area contributed by atoms with E-state index >= 15 is 0 Å². The minimum Gasteiger partial charge on any atom is -1.00 e. The zero-order chi connectivity index (χ0) is 27.8. The molecule has 0 heterocycles. The van der Waals surface area contributed by atoms with Gasteiger partial charge in [-0.3, -0.25) is 0 Å². The zero-order valence-corrected chi connectivity index (χ0v) is 30.0. The second-order valence-electron chi connectivity index (χ2n) is 13.6. The van der Waals surface area contributed by atoms with Gasteiger partial charge in [0.1, 0.15) is 0 Å². The van der Waals surface area contributed by atoms with Crippen LogP contribution in [0.3, 0.4) is 0 Å². The van der Waals surface area contributed by atoms with Crippen molar-refractivity contribution in [3.8, 4) is 11.1 Å². The SMILES string of the molecule is CCCC/[C](Cc1ccccc1)=[Zr+2](\[C]1=CC=CC1)[c]1c(C(C)(C)C)ccc2c1Cc1cc(C(C)(C)C)ccc1-2.[Cl-].[Cl-]. The Balaban J connectivity index is 0.00000231. The molecule has 2 aliphatic rings. The topological polar surface area (TPSA) is 0 Å². The number of benzene rings is 3. The Kier molecular flexibility index (Phi) is 11.5. The van der Waals surface area contributed by atoms with Crippen molar-refractivity contribution in [2.45, 2.75) is 97.8 Å². The van der Waals surface area contributed by atoms with Gasteiger partial charge in [0.05, 0.1) is 0 Å². The predicted molar refractivity (Wildman–Crippen MR) is 168 cm³/mol. The van der Waals surface area contributed by atoms with Crippen LogP contribution in [-0.2, 0) is 44.9 Å². The van der Waals surface area contributed by atoms with Crippen LogP contribution in [0.2, 0.25) is 0 Å². The number of hydrogen-bond donors (Lipinski definition) is 0. The minimum absolute atomic E-state index is 0. The van der Waals surface area contributed by atoms with E-state index in [9.17, 15) is 0 Å². The first-order valence-corrected chi connectivity index (χ1v) is 18.7. The van der Waals surface area contributed by atoms with Crippen LogP contribution >= 0.6 is 0 Å². The van der Waals surface area contributed by atoms with Crippen molar-refractivity contribution < 1.29 is 46.1 Å². The van der Waals surface area contributed by atoms with Crippen molar-refractivity contribution in [3.05, 3.63) is 110 Å². The van der Waals surface area contributed by atoms with Crippen molar-refractivity contribution >= 4 is 6.48 Å². The number of halogens is 2. The Morgan fingerprint density at radius 2 is 1.54 bits per heavy atom. The van der Waals surface area contributed by atoms with E-state index in [1.54, 1.807) is 17.7 Å². The van der Waals surface area contributed by atoms with E-state index in [2.05, 4.69) is 127 Å². The van der Waals surface area contributed by atoms with Crippen LogP contribution in [0.15, 0.2) is 82.2 Å². The number of hydrogen-bond acceptors (Lipinski definition) is 0. The second-order valence-corrected chi connectivity index (χ2v) is 20.0. The van der Waals surface area contributed by atoms with E-state index < -0.39 is 21.3 Å². The van der Waals surface area contributed by atoms with Crippen molar-refractivity contribution in [3.63, 3.8) is 0 Å². The minimum atomic E-state index is -2.42. The Morgan fingerprint density at radius 1 is 0.829 bits per heavy atom. The fourth-order valence-corrected chi connectivity index (χ4v) is 15.7. The van der Waals surface area contributed by atoms with Gasteiger partial charge in [0.25, 0.3) is 0 Å². The van der Waals surface area contributed by atoms with E-state index in [-0.39, 0.29) is 35.6 Å². The molecule has 0 radical (unpaired) electrons. The van der Waals surface area contributed by atoms with Crippen LogP contribution in [0.5, 0.6) is 0 Å². The van der Waals surface area contributed by atoms with Crippen LogP contribution < -0.4 is 28.1 Å². The standard InChI is InChI=1S/C21H25.C12H16.C5H5.2ClH.Zr/c1-20(2,3)16-7-9-18-14(12-16)11-15-13-17(21(4,5)6)8-10-19(15)18;1-2-3-4-6-9-12-10-7-5-8-11-12;1-2-4-5-3-1;;;/h7-10,12H,11H2,1-6H3;5,7-8,10-11H,2-4,9H2,1H3;1-3H,4H2;2*1H;/q;;;;;+2/p-2. The molecular formula is C38H46Cl2Zr. The third-order valence-corrected chi connectivity index (χ3v) is 16.4. The van der Waals surface area contributed by atoms with Gasteiger partial charge in [0, 0.05) is 0 Å². The molecule has 2 aliphatic carbocycles. The molecule has 3 aromatic carbocycles. The average molecular weight is 665 g/mol. The quantitative estimate of drug-likeness (QED) is 0.284. The number of allylic oxidation sites excluding steroid dienone is 4.